The van der Waals surface area contributed by atoms with Gasteiger partial charge in [-0.3, -0.25) is 0 Å². The second-order valence-electron chi connectivity index (χ2n) is 5.44. The fourth-order valence-corrected chi connectivity index (χ4v) is 4.52. The average molecular weight is 647 g/mol. The first kappa shape index (κ1) is 18.1. The van der Waals surface area contributed by atoms with Crippen LogP contribution in [0.5, 0.6) is 0 Å². The van der Waals surface area contributed by atoms with Gasteiger partial charge in [0.2, 0.25) is 0 Å². The van der Waals surface area contributed by atoms with E-state index in [0.717, 1.165) is 20.3 Å². The number of rotatable bonds is 2. The maximum Gasteiger partial charge on any atom is 0.100 e. The molecule has 0 spiro atoms. The van der Waals surface area contributed by atoms with Crippen molar-refractivity contribution in [2.45, 2.75) is 6.92 Å². The van der Waals surface area contributed by atoms with Gasteiger partial charge in [0.05, 0.1) is 5.56 Å². The zero-order valence-corrected chi connectivity index (χ0v) is 19.2. The smallest absolute Gasteiger partial charge is 0.100 e. The van der Waals surface area contributed by atoms with Crippen LogP contribution < -0.4 is 0 Å². The van der Waals surface area contributed by atoms with Gasteiger partial charge >= 0.3 is 0 Å². The quantitative estimate of drug-likeness (QED) is 0.275. The summed E-state index contributed by atoms with van der Waals surface area (Å²) in [4.78, 5) is 0. The summed E-state index contributed by atoms with van der Waals surface area (Å²) in [6, 6.07) is 21.2. The molecule has 24 heavy (non-hydrogen) atoms. The van der Waals surface area contributed by atoms with Crippen molar-refractivity contribution >= 4 is 67.8 Å². The average Bonchev–Trinajstić information content (AvgIpc) is 2.60. The highest BCUT2D eigenvalue weighted by atomic mass is 127. The van der Waals surface area contributed by atoms with E-state index in [1.165, 1.54) is 23.8 Å². The topological polar surface area (TPSA) is 23.8 Å². The molecule has 0 aromatic heterocycles. The van der Waals surface area contributed by atoms with Crippen LogP contribution in [0.25, 0.3) is 22.3 Å². The first-order valence-electron chi connectivity index (χ1n) is 7.26. The van der Waals surface area contributed by atoms with Crippen molar-refractivity contribution in [2.75, 3.05) is 0 Å². The molecule has 0 fully saturated rings. The summed E-state index contributed by atoms with van der Waals surface area (Å²) in [5.74, 6) is 0. The molecule has 3 aromatic rings. The lowest BCUT2D eigenvalue weighted by Gasteiger charge is -2.10. The van der Waals surface area contributed by atoms with Crippen LogP contribution in [0.4, 0.5) is 0 Å². The minimum atomic E-state index is 0.722. The Balaban J connectivity index is 1.99. The van der Waals surface area contributed by atoms with Crippen molar-refractivity contribution < 1.29 is 0 Å². The standard InChI is InChI=1S/C20H12I3N/c1-12-2-9-17(20(23)19(12)22)14-5-3-13(4-6-14)15-7-8-16(11-24)18(21)10-15/h2-10H,1H3. The Hall–Kier alpha value is -0.660. The number of aryl methyl sites for hydroxylation is 1. The van der Waals surface area contributed by atoms with Gasteiger partial charge in [-0.05, 0) is 115 Å². The van der Waals surface area contributed by atoms with Crippen molar-refractivity contribution in [2.24, 2.45) is 0 Å². The molecule has 0 amide bonds. The molecule has 0 aliphatic carbocycles. The van der Waals surface area contributed by atoms with Gasteiger partial charge < -0.3 is 0 Å². The highest BCUT2D eigenvalue weighted by molar-refractivity contribution is 14.1. The van der Waals surface area contributed by atoms with Gasteiger partial charge in [-0.15, -0.1) is 0 Å². The van der Waals surface area contributed by atoms with E-state index in [1.54, 1.807) is 0 Å². The van der Waals surface area contributed by atoms with Gasteiger partial charge in [-0.2, -0.15) is 5.26 Å². The molecule has 0 saturated heterocycles. The first-order chi connectivity index (χ1) is 11.5. The summed E-state index contributed by atoms with van der Waals surface area (Å²) in [5.41, 5.74) is 6.83. The molecule has 0 saturated carbocycles. The summed E-state index contributed by atoms with van der Waals surface area (Å²) < 4.78 is 3.60. The van der Waals surface area contributed by atoms with Gasteiger partial charge in [0.25, 0.3) is 0 Å². The Morgan fingerprint density at radius 1 is 0.750 bits per heavy atom. The Morgan fingerprint density at radius 2 is 1.38 bits per heavy atom. The van der Waals surface area contributed by atoms with Crippen LogP contribution in [0.2, 0.25) is 0 Å². The highest BCUT2D eigenvalue weighted by Crippen LogP contribution is 2.32. The van der Waals surface area contributed by atoms with E-state index in [9.17, 15) is 0 Å². The lowest BCUT2D eigenvalue weighted by atomic mass is 9.99. The van der Waals surface area contributed by atoms with Crippen molar-refractivity contribution in [3.63, 3.8) is 0 Å². The van der Waals surface area contributed by atoms with E-state index in [0.29, 0.717) is 0 Å². The fraction of sp³-hybridized carbons (Fsp3) is 0.0500. The molecule has 3 aromatic carbocycles. The predicted molar refractivity (Wildman–Crippen MR) is 125 cm³/mol. The second kappa shape index (κ2) is 7.70. The normalized spacial score (nSPS) is 10.5. The Kier molecular flexibility index (Phi) is 5.82. The number of nitrogens with zero attached hydrogens (tertiary/aromatic N) is 1. The van der Waals surface area contributed by atoms with Crippen LogP contribution in [-0.2, 0) is 0 Å². The molecular weight excluding hydrogens is 635 g/mol. The number of hydrogen-bond acceptors (Lipinski definition) is 1. The van der Waals surface area contributed by atoms with Gasteiger partial charge in [0, 0.05) is 10.7 Å². The predicted octanol–water partition coefficient (Wildman–Crippen LogP) is 7.01. The molecule has 1 nitrogen and oxygen atoms in total. The van der Waals surface area contributed by atoms with Crippen LogP contribution in [0.15, 0.2) is 54.6 Å². The van der Waals surface area contributed by atoms with Gasteiger partial charge in [0.15, 0.2) is 0 Å². The number of benzene rings is 3. The molecule has 0 bridgehead atoms. The largest absolute Gasteiger partial charge is 0.192 e. The van der Waals surface area contributed by atoms with Gasteiger partial charge in [0.1, 0.15) is 6.07 Å². The summed E-state index contributed by atoms with van der Waals surface area (Å²) in [7, 11) is 0. The summed E-state index contributed by atoms with van der Waals surface area (Å²) in [6.07, 6.45) is 0. The summed E-state index contributed by atoms with van der Waals surface area (Å²) in [5, 5.41) is 9.05. The minimum absolute atomic E-state index is 0.722. The van der Waals surface area contributed by atoms with Crippen LogP contribution >= 0.6 is 67.8 Å². The molecule has 0 aliphatic rings. The second-order valence-corrected chi connectivity index (χ2v) is 8.76. The van der Waals surface area contributed by atoms with Crippen molar-refractivity contribution in [3.05, 3.63) is 76.4 Å². The Morgan fingerprint density at radius 3 is 2.00 bits per heavy atom. The SMILES string of the molecule is Cc1ccc(-c2ccc(-c3ccc(C#N)c(I)c3)cc2)c(I)c1I. The molecular formula is C20H12I3N. The zero-order chi connectivity index (χ0) is 17.3. The van der Waals surface area contributed by atoms with Gasteiger partial charge in [-0.1, -0.05) is 42.5 Å². The minimum Gasteiger partial charge on any atom is -0.192 e. The molecule has 0 radical (unpaired) electrons. The summed E-state index contributed by atoms with van der Waals surface area (Å²) in [6.45, 7) is 2.14. The van der Waals surface area contributed by atoms with E-state index < -0.39 is 0 Å². The Bertz CT molecular complexity index is 954. The summed E-state index contributed by atoms with van der Waals surface area (Å²) >= 11 is 7.06. The lowest BCUT2D eigenvalue weighted by Crippen LogP contribution is -1.90. The van der Waals surface area contributed by atoms with E-state index in [1.807, 2.05) is 12.1 Å². The van der Waals surface area contributed by atoms with Crippen LogP contribution in [-0.4, -0.2) is 0 Å². The Labute approximate surface area is 182 Å². The van der Waals surface area contributed by atoms with Crippen molar-refractivity contribution in [1.29, 1.82) is 5.26 Å². The molecule has 0 aliphatic heterocycles. The lowest BCUT2D eigenvalue weighted by molar-refractivity contribution is 1.40. The van der Waals surface area contributed by atoms with E-state index >= 15 is 0 Å². The van der Waals surface area contributed by atoms with E-state index in [4.69, 9.17) is 5.26 Å². The van der Waals surface area contributed by atoms with Crippen LogP contribution in [0.1, 0.15) is 11.1 Å². The third-order valence-electron chi connectivity index (χ3n) is 3.89. The third-order valence-corrected chi connectivity index (χ3v) is 8.33. The van der Waals surface area contributed by atoms with Crippen LogP contribution in [0.3, 0.4) is 0 Å². The van der Waals surface area contributed by atoms with Crippen LogP contribution in [0, 0.1) is 29.0 Å². The maximum atomic E-state index is 9.05. The fourth-order valence-electron chi connectivity index (χ4n) is 2.50. The zero-order valence-electron chi connectivity index (χ0n) is 12.8. The molecule has 0 unspecified atom stereocenters. The van der Waals surface area contributed by atoms with E-state index in [2.05, 4.69) is 123 Å². The number of nitriles is 1. The van der Waals surface area contributed by atoms with Crippen molar-refractivity contribution in [3.8, 4) is 28.3 Å². The van der Waals surface area contributed by atoms with Crippen molar-refractivity contribution in [1.82, 2.24) is 0 Å². The maximum absolute atomic E-state index is 9.05. The molecule has 118 valence electrons. The monoisotopic (exact) mass is 647 g/mol. The number of halogens is 3. The number of hydrogen-bond donors (Lipinski definition) is 0. The molecule has 0 N–H and O–H groups in total. The molecule has 4 heteroatoms. The highest BCUT2D eigenvalue weighted by Gasteiger charge is 2.09. The first-order valence-corrected chi connectivity index (χ1v) is 10.5. The molecule has 0 atom stereocenters. The molecule has 0 heterocycles. The third kappa shape index (κ3) is 3.63. The molecule has 3 rings (SSSR count). The van der Waals surface area contributed by atoms with E-state index in [-0.39, 0.29) is 0 Å². The van der Waals surface area contributed by atoms with Gasteiger partial charge in [-0.25, -0.2) is 0 Å².